The number of aromatic carboxylic acids is 1. The van der Waals surface area contributed by atoms with Gasteiger partial charge in [0.1, 0.15) is 17.9 Å². The molecule has 1 aromatic rings. The number of nitrogens with two attached hydrogens (primary N) is 1. The van der Waals surface area contributed by atoms with E-state index in [4.69, 9.17) is 20.3 Å². The fraction of sp³-hybridized carbons (Fsp3) is 0.273. The first-order valence-electron chi connectivity index (χ1n) is 4.85. The van der Waals surface area contributed by atoms with Gasteiger partial charge in [0.2, 0.25) is 5.91 Å². The van der Waals surface area contributed by atoms with Gasteiger partial charge in [-0.05, 0) is 18.2 Å². The molecule has 0 bridgehead atoms. The van der Waals surface area contributed by atoms with Gasteiger partial charge in [-0.25, -0.2) is 4.79 Å². The first kappa shape index (κ1) is 13.0. The summed E-state index contributed by atoms with van der Waals surface area (Å²) >= 11 is 0. The van der Waals surface area contributed by atoms with Crippen molar-refractivity contribution in [1.29, 1.82) is 0 Å². The summed E-state index contributed by atoms with van der Waals surface area (Å²) in [7, 11) is 1.51. The number of amides is 1. The standard InChI is InChI=1S/C11H13NO5/c1-16-4-5-17-9-3-2-7(10(12)13)6-8(9)11(14)15/h2-3,6H,4-5H2,1H3,(H2,12,13)(H,14,15). The number of primary amides is 1. The molecule has 3 N–H and O–H groups in total. The summed E-state index contributed by atoms with van der Waals surface area (Å²) in [5, 5.41) is 8.97. The van der Waals surface area contributed by atoms with E-state index in [9.17, 15) is 9.59 Å². The molecule has 0 aliphatic rings. The number of benzene rings is 1. The summed E-state index contributed by atoms with van der Waals surface area (Å²) in [6, 6.07) is 4.00. The van der Waals surface area contributed by atoms with Gasteiger partial charge in [0, 0.05) is 12.7 Å². The fourth-order valence-corrected chi connectivity index (χ4v) is 1.21. The first-order valence-corrected chi connectivity index (χ1v) is 4.85. The van der Waals surface area contributed by atoms with Crippen molar-refractivity contribution in [3.63, 3.8) is 0 Å². The third-order valence-electron chi connectivity index (χ3n) is 2.04. The molecule has 0 unspecified atom stereocenters. The Hall–Kier alpha value is -2.08. The van der Waals surface area contributed by atoms with Crippen LogP contribution in [0.4, 0.5) is 0 Å². The maximum atomic E-state index is 11.0. The molecule has 1 aromatic carbocycles. The number of hydrogen-bond acceptors (Lipinski definition) is 4. The highest BCUT2D eigenvalue weighted by Gasteiger charge is 2.14. The molecular weight excluding hydrogens is 226 g/mol. The minimum Gasteiger partial charge on any atom is -0.490 e. The predicted octanol–water partition coefficient (Wildman–Crippen LogP) is 0.509. The van der Waals surface area contributed by atoms with Crippen LogP contribution in [-0.4, -0.2) is 37.3 Å². The average molecular weight is 239 g/mol. The number of carbonyl (C=O) groups is 2. The topological polar surface area (TPSA) is 98.9 Å². The Labute approximate surface area is 97.9 Å². The summed E-state index contributed by atoms with van der Waals surface area (Å²) in [5.41, 5.74) is 5.09. The van der Waals surface area contributed by atoms with Crippen LogP contribution >= 0.6 is 0 Å². The molecule has 0 fully saturated rings. The molecule has 17 heavy (non-hydrogen) atoms. The van der Waals surface area contributed by atoms with Crippen LogP contribution in [0.25, 0.3) is 0 Å². The van der Waals surface area contributed by atoms with Crippen LogP contribution in [0.15, 0.2) is 18.2 Å². The van der Waals surface area contributed by atoms with E-state index in [-0.39, 0.29) is 23.5 Å². The zero-order chi connectivity index (χ0) is 12.8. The number of carbonyl (C=O) groups excluding carboxylic acids is 1. The van der Waals surface area contributed by atoms with E-state index in [0.717, 1.165) is 0 Å². The Morgan fingerprint density at radius 3 is 2.59 bits per heavy atom. The molecule has 0 saturated heterocycles. The number of rotatable bonds is 6. The molecule has 1 amide bonds. The Bertz CT molecular complexity index is 430. The van der Waals surface area contributed by atoms with Crippen molar-refractivity contribution in [2.24, 2.45) is 5.73 Å². The van der Waals surface area contributed by atoms with Crippen LogP contribution in [0.1, 0.15) is 20.7 Å². The Morgan fingerprint density at radius 2 is 2.06 bits per heavy atom. The van der Waals surface area contributed by atoms with Crippen LogP contribution in [0.5, 0.6) is 5.75 Å². The van der Waals surface area contributed by atoms with Gasteiger partial charge >= 0.3 is 5.97 Å². The van der Waals surface area contributed by atoms with E-state index in [2.05, 4.69) is 0 Å². The number of methoxy groups -OCH3 is 1. The van der Waals surface area contributed by atoms with Gasteiger partial charge in [-0.1, -0.05) is 0 Å². The van der Waals surface area contributed by atoms with Crippen molar-refractivity contribution in [2.75, 3.05) is 20.3 Å². The lowest BCUT2D eigenvalue weighted by Gasteiger charge is -2.09. The van der Waals surface area contributed by atoms with Crippen molar-refractivity contribution >= 4 is 11.9 Å². The largest absolute Gasteiger partial charge is 0.490 e. The molecule has 0 spiro atoms. The van der Waals surface area contributed by atoms with Gasteiger partial charge < -0.3 is 20.3 Å². The second-order valence-electron chi connectivity index (χ2n) is 3.22. The number of hydrogen-bond donors (Lipinski definition) is 2. The van der Waals surface area contributed by atoms with E-state index in [0.29, 0.717) is 6.61 Å². The summed E-state index contributed by atoms with van der Waals surface area (Å²) in [6.45, 7) is 0.573. The molecular formula is C11H13NO5. The van der Waals surface area contributed by atoms with Crippen LogP contribution in [0.2, 0.25) is 0 Å². The third-order valence-corrected chi connectivity index (χ3v) is 2.04. The van der Waals surface area contributed by atoms with Crippen molar-refractivity contribution in [3.05, 3.63) is 29.3 Å². The Balaban J connectivity index is 2.96. The second-order valence-corrected chi connectivity index (χ2v) is 3.22. The van der Waals surface area contributed by atoms with Gasteiger partial charge in [0.25, 0.3) is 0 Å². The molecule has 6 heteroatoms. The quantitative estimate of drug-likeness (QED) is 0.704. The highest BCUT2D eigenvalue weighted by Crippen LogP contribution is 2.20. The van der Waals surface area contributed by atoms with Crippen LogP contribution in [0, 0.1) is 0 Å². The summed E-state index contributed by atoms with van der Waals surface area (Å²) in [4.78, 5) is 21.9. The van der Waals surface area contributed by atoms with Crippen molar-refractivity contribution < 1.29 is 24.2 Å². The lowest BCUT2D eigenvalue weighted by Crippen LogP contribution is -2.13. The third kappa shape index (κ3) is 3.46. The lowest BCUT2D eigenvalue weighted by atomic mass is 10.1. The van der Waals surface area contributed by atoms with E-state index in [1.165, 1.54) is 25.3 Å². The minimum atomic E-state index is -1.18. The molecule has 0 saturated carbocycles. The first-order chi connectivity index (χ1) is 8.06. The van der Waals surface area contributed by atoms with Crippen molar-refractivity contribution in [1.82, 2.24) is 0 Å². The molecule has 0 atom stereocenters. The maximum absolute atomic E-state index is 11.0. The van der Waals surface area contributed by atoms with Gasteiger partial charge in [-0.2, -0.15) is 0 Å². The Morgan fingerprint density at radius 1 is 1.35 bits per heavy atom. The second kappa shape index (κ2) is 5.86. The molecule has 6 nitrogen and oxygen atoms in total. The SMILES string of the molecule is COCCOc1ccc(C(N)=O)cc1C(=O)O. The number of carboxylic acids is 1. The molecule has 92 valence electrons. The zero-order valence-corrected chi connectivity index (χ0v) is 9.30. The molecule has 0 aromatic heterocycles. The number of ether oxygens (including phenoxy) is 2. The van der Waals surface area contributed by atoms with Gasteiger partial charge in [-0.3, -0.25) is 4.79 Å². The maximum Gasteiger partial charge on any atom is 0.339 e. The van der Waals surface area contributed by atoms with E-state index >= 15 is 0 Å². The van der Waals surface area contributed by atoms with Crippen LogP contribution < -0.4 is 10.5 Å². The fourth-order valence-electron chi connectivity index (χ4n) is 1.21. The molecule has 0 aliphatic carbocycles. The normalized spacial score (nSPS) is 9.94. The summed E-state index contributed by atoms with van der Waals surface area (Å²) < 4.78 is 9.99. The molecule has 1 rings (SSSR count). The zero-order valence-electron chi connectivity index (χ0n) is 9.30. The van der Waals surface area contributed by atoms with Crippen LogP contribution in [-0.2, 0) is 4.74 Å². The highest BCUT2D eigenvalue weighted by atomic mass is 16.5. The summed E-state index contributed by atoms with van der Waals surface area (Å²) in [5.74, 6) is -1.68. The van der Waals surface area contributed by atoms with Crippen LogP contribution in [0.3, 0.4) is 0 Å². The van der Waals surface area contributed by atoms with E-state index < -0.39 is 11.9 Å². The molecule has 0 radical (unpaired) electrons. The van der Waals surface area contributed by atoms with Crippen molar-refractivity contribution in [3.8, 4) is 5.75 Å². The summed E-state index contributed by atoms with van der Waals surface area (Å²) in [6.07, 6.45) is 0. The van der Waals surface area contributed by atoms with Crippen molar-refractivity contribution in [2.45, 2.75) is 0 Å². The predicted molar refractivity (Wildman–Crippen MR) is 59.3 cm³/mol. The molecule has 0 aliphatic heterocycles. The van der Waals surface area contributed by atoms with Gasteiger partial charge in [-0.15, -0.1) is 0 Å². The lowest BCUT2D eigenvalue weighted by molar-refractivity contribution is 0.0689. The minimum absolute atomic E-state index is 0.0996. The monoisotopic (exact) mass is 239 g/mol. The highest BCUT2D eigenvalue weighted by molar-refractivity contribution is 5.98. The van der Waals surface area contributed by atoms with E-state index in [1.54, 1.807) is 0 Å². The number of carboxylic acid groups (broad SMARTS) is 1. The van der Waals surface area contributed by atoms with Gasteiger partial charge in [0.05, 0.1) is 6.61 Å². The van der Waals surface area contributed by atoms with E-state index in [1.807, 2.05) is 0 Å². The molecule has 0 heterocycles. The Kier molecular flexibility index (Phi) is 4.47. The smallest absolute Gasteiger partial charge is 0.339 e. The van der Waals surface area contributed by atoms with Gasteiger partial charge in [0.15, 0.2) is 0 Å². The average Bonchev–Trinajstić information content (AvgIpc) is 2.29.